The summed E-state index contributed by atoms with van der Waals surface area (Å²) in [4.78, 5) is 18.3. The number of halogens is 11. The molecular formula is C54H39F11Ir2N10-8. The van der Waals surface area contributed by atoms with Crippen LogP contribution >= 0.6 is 0 Å². The van der Waals surface area contributed by atoms with Gasteiger partial charge in [0.25, 0.3) is 0 Å². The summed E-state index contributed by atoms with van der Waals surface area (Å²) in [5.74, 6) is -6.70. The van der Waals surface area contributed by atoms with E-state index in [1.807, 2.05) is 26.8 Å². The number of aryl methyl sites for hydroxylation is 3. The zero-order valence-electron chi connectivity index (χ0n) is 40.2. The number of rotatable bonds is 6. The van der Waals surface area contributed by atoms with Gasteiger partial charge in [-0.2, -0.15) is 44.6 Å². The maximum absolute atomic E-state index is 13.8. The van der Waals surface area contributed by atoms with Gasteiger partial charge in [-0.15, -0.1) is 54.1 Å². The van der Waals surface area contributed by atoms with Crippen LogP contribution in [0.15, 0.2) is 110 Å². The first-order valence-electron chi connectivity index (χ1n) is 21.4. The molecule has 0 atom stereocenters. The van der Waals surface area contributed by atoms with Crippen LogP contribution in [-0.4, -0.2) is 46.1 Å². The monoisotopic (exact) mass is 1420 g/mol. The smallest absolute Gasteiger partial charge is 0.417 e. The van der Waals surface area contributed by atoms with Crippen molar-refractivity contribution in [3.63, 3.8) is 0 Å². The Hall–Kier alpha value is -7.17. The fourth-order valence-corrected chi connectivity index (χ4v) is 5.52. The van der Waals surface area contributed by atoms with E-state index in [2.05, 4.69) is 49.0 Å². The normalized spacial score (nSPS) is 9.92. The maximum atomic E-state index is 13.8. The van der Waals surface area contributed by atoms with E-state index >= 15 is 0 Å². The van der Waals surface area contributed by atoms with Gasteiger partial charge in [-0.25, -0.2) is 0 Å². The van der Waals surface area contributed by atoms with E-state index in [9.17, 15) is 48.3 Å². The predicted molar refractivity (Wildman–Crippen MR) is 261 cm³/mol. The molecule has 23 heteroatoms. The third kappa shape index (κ3) is 21.1. The quantitative estimate of drug-likeness (QED) is 0.119. The molecule has 408 valence electrons. The Morgan fingerprint density at radius 2 is 0.948 bits per heavy atom. The van der Waals surface area contributed by atoms with Crippen molar-refractivity contribution >= 4 is 5.69 Å². The average Bonchev–Trinajstić information content (AvgIpc) is 3.37. The van der Waals surface area contributed by atoms with Gasteiger partial charge in [-0.3, -0.25) is 40.0 Å². The van der Waals surface area contributed by atoms with Crippen LogP contribution in [0.4, 0.5) is 54.0 Å². The van der Waals surface area contributed by atoms with Crippen LogP contribution in [0.25, 0.3) is 72.8 Å². The van der Waals surface area contributed by atoms with Crippen molar-refractivity contribution in [3.8, 4) is 51.1 Å². The van der Waals surface area contributed by atoms with Crippen LogP contribution in [0.3, 0.4) is 0 Å². The van der Waals surface area contributed by atoms with Gasteiger partial charge in [0.2, 0.25) is 0 Å². The van der Waals surface area contributed by atoms with Gasteiger partial charge >= 0.3 is 6.18 Å². The summed E-state index contributed by atoms with van der Waals surface area (Å²) in [5, 5.41) is 8.66. The molecule has 8 rings (SSSR count). The zero-order chi connectivity index (χ0) is 55.8. The Balaban J connectivity index is 0.000000486. The number of nitriles is 1. The Kier molecular flexibility index (Phi) is 29.8. The van der Waals surface area contributed by atoms with Gasteiger partial charge in [0.05, 0.1) is 29.8 Å². The van der Waals surface area contributed by atoms with Crippen molar-refractivity contribution in [2.24, 2.45) is 0 Å². The minimum Gasteiger partial charge on any atom is -0.679 e. The van der Waals surface area contributed by atoms with Crippen LogP contribution in [-0.2, 0) is 46.4 Å². The molecule has 4 N–H and O–H groups in total. The molecule has 0 saturated carbocycles. The zero-order valence-corrected chi connectivity index (χ0v) is 45.0. The molecular weight excluding hydrogens is 1380 g/mol. The molecule has 0 aliphatic carbocycles. The van der Waals surface area contributed by atoms with Crippen molar-refractivity contribution in [1.29, 1.82) is 5.26 Å². The van der Waals surface area contributed by atoms with Crippen LogP contribution in [0.2, 0.25) is 0 Å². The van der Waals surface area contributed by atoms with Crippen LogP contribution in [0.1, 0.15) is 27.8 Å². The SMILES string of the molecule is Cc1ccc(-c2[c-]cc(F)cc2F)nc1.Cc1ccnc(-c2[c-]cc(F)c(C#N)c2F)c1.Fc1c[c-]c(-c2ccc(C(F)(F)F)cn2)c(F)c1.[C-]#[N+]c1c(F)c[c-]c(-c2cc(C)ccn2)c1F.[Ir].[Ir].[NH-]CC[NH-].[NH-]CC[NH-]. The summed E-state index contributed by atoms with van der Waals surface area (Å²) in [6, 6.07) is 28.7. The largest absolute Gasteiger partial charge is 0.679 e. The fourth-order valence-electron chi connectivity index (χ4n) is 5.52. The summed E-state index contributed by atoms with van der Waals surface area (Å²) in [6.07, 6.45) is 0.765. The van der Waals surface area contributed by atoms with Gasteiger partial charge in [0, 0.05) is 105 Å². The van der Waals surface area contributed by atoms with E-state index in [0.29, 0.717) is 29.3 Å². The number of hydrogen-bond donors (Lipinski definition) is 0. The van der Waals surface area contributed by atoms with Gasteiger partial charge in [0.1, 0.15) is 0 Å². The van der Waals surface area contributed by atoms with E-state index in [1.165, 1.54) is 18.5 Å². The van der Waals surface area contributed by atoms with Crippen LogP contribution < -0.4 is 0 Å². The first-order chi connectivity index (χ1) is 35.6. The van der Waals surface area contributed by atoms with Gasteiger partial charge < -0.3 is 42.9 Å². The Morgan fingerprint density at radius 3 is 1.31 bits per heavy atom. The molecule has 4 aromatic carbocycles. The van der Waals surface area contributed by atoms with Gasteiger partial charge in [-0.1, -0.05) is 76.3 Å². The molecule has 4 heterocycles. The average molecular weight is 1420 g/mol. The number of pyridine rings is 4. The Bertz CT molecular complexity index is 3090. The maximum Gasteiger partial charge on any atom is 0.417 e. The molecule has 77 heavy (non-hydrogen) atoms. The Labute approximate surface area is 464 Å². The summed E-state index contributed by atoms with van der Waals surface area (Å²) in [5.41, 5.74) is 26.8. The molecule has 0 saturated heterocycles. The Morgan fingerprint density at radius 1 is 0.519 bits per heavy atom. The number of nitrogens with zero attached hydrogens (tertiary/aromatic N) is 6. The molecule has 0 aliphatic heterocycles. The number of benzene rings is 4. The number of nitrogens with one attached hydrogen (secondary N) is 4. The van der Waals surface area contributed by atoms with Crippen molar-refractivity contribution in [2.45, 2.75) is 26.9 Å². The molecule has 0 bridgehead atoms. The molecule has 0 amide bonds. The first-order valence-corrected chi connectivity index (χ1v) is 21.4. The third-order valence-corrected chi connectivity index (χ3v) is 9.06. The van der Waals surface area contributed by atoms with E-state index in [1.54, 1.807) is 36.5 Å². The predicted octanol–water partition coefficient (Wildman–Crippen LogP) is 15.9. The number of hydrogen-bond acceptors (Lipinski definition) is 5. The first kappa shape index (κ1) is 67.8. The van der Waals surface area contributed by atoms with Crippen molar-refractivity contribution in [1.82, 2.24) is 19.9 Å². The summed E-state index contributed by atoms with van der Waals surface area (Å²) in [7, 11) is 0. The van der Waals surface area contributed by atoms with E-state index in [4.69, 9.17) is 34.8 Å². The number of alkyl halides is 3. The van der Waals surface area contributed by atoms with E-state index in [-0.39, 0.29) is 94.3 Å². The fraction of sp³-hybridized carbons (Fsp3) is 0.148. The van der Waals surface area contributed by atoms with E-state index in [0.717, 1.165) is 59.2 Å². The van der Waals surface area contributed by atoms with Crippen molar-refractivity contribution in [2.75, 3.05) is 26.2 Å². The molecule has 0 aliphatic rings. The third-order valence-electron chi connectivity index (χ3n) is 9.06. The minimum absolute atomic E-state index is 0. The molecule has 2 radical (unpaired) electrons. The van der Waals surface area contributed by atoms with Gasteiger partial charge in [0.15, 0.2) is 5.69 Å². The van der Waals surface area contributed by atoms with Crippen LogP contribution in [0, 0.1) is 109 Å². The standard InChI is InChI=1S/2C13H7F2N2.C12H5F5N.C12H8F2N.2C2H6N2.2Ir/c1-8-5-6-17-11(7-8)9-3-4-10(14)13(16-2)12(9)15;1-8-4-5-17-12(6-8)9-2-3-11(14)10(7-16)13(9)15;13-8-2-3-9(10(14)5-8)11-4-1-7(6-18-11)12(15,16)17;1-8-2-5-12(15-7-8)10-4-3-9(13)6-11(10)14;2*3-1-2-4;;/h4-7H,1H3;3-6H,1H3;1-2,4-6H;2-3,5-7H,1H3;2*3-4H,1-2H2;;/q4*-1;2*-2;;. The molecule has 8 aromatic rings. The van der Waals surface area contributed by atoms with Crippen molar-refractivity contribution in [3.05, 3.63) is 243 Å². The molecule has 0 fully saturated rings. The minimum atomic E-state index is -4.50. The summed E-state index contributed by atoms with van der Waals surface area (Å²) < 4.78 is 143. The van der Waals surface area contributed by atoms with Crippen molar-refractivity contribution < 1.29 is 88.5 Å². The second-order valence-electron chi connectivity index (χ2n) is 14.8. The summed E-state index contributed by atoms with van der Waals surface area (Å²) >= 11 is 0. The molecule has 0 spiro atoms. The second-order valence-corrected chi connectivity index (χ2v) is 14.8. The summed E-state index contributed by atoms with van der Waals surface area (Å²) in [6.45, 7) is 13.2. The van der Waals surface area contributed by atoms with Gasteiger partial charge in [-0.05, 0) is 61.2 Å². The second kappa shape index (κ2) is 33.8. The molecule has 0 unspecified atom stereocenters. The molecule has 4 aromatic heterocycles. The number of aromatic nitrogens is 4. The molecule has 10 nitrogen and oxygen atoms in total. The van der Waals surface area contributed by atoms with E-state index < -0.39 is 69.5 Å². The topological polar surface area (TPSA) is 175 Å². The van der Waals surface area contributed by atoms with Crippen LogP contribution in [0.5, 0.6) is 0 Å².